The molecule has 1 aromatic heterocycles. The monoisotopic (exact) mass is 293 g/mol. The van der Waals surface area contributed by atoms with Crippen LogP contribution in [0.1, 0.15) is 44.1 Å². The van der Waals surface area contributed by atoms with E-state index in [2.05, 4.69) is 15.3 Å². The van der Waals surface area contributed by atoms with E-state index in [1.165, 1.54) is 25.7 Å². The van der Waals surface area contributed by atoms with Gasteiger partial charge in [-0.05, 0) is 44.6 Å². The van der Waals surface area contributed by atoms with Crippen molar-refractivity contribution >= 4 is 11.8 Å². The van der Waals surface area contributed by atoms with E-state index in [0.717, 1.165) is 23.6 Å². The van der Waals surface area contributed by atoms with Crippen molar-refractivity contribution in [2.75, 3.05) is 6.61 Å². The van der Waals surface area contributed by atoms with Gasteiger partial charge in [-0.25, -0.2) is 9.97 Å². The Morgan fingerprint density at radius 3 is 2.75 bits per heavy atom. The molecule has 0 aromatic carbocycles. The van der Waals surface area contributed by atoms with Crippen LogP contribution in [0.15, 0.2) is 17.6 Å². The lowest BCUT2D eigenvalue weighted by molar-refractivity contribution is 0.122. The zero-order chi connectivity index (χ0) is 14.0. The second-order valence-electron chi connectivity index (χ2n) is 6.24. The first-order chi connectivity index (χ1) is 9.69. The van der Waals surface area contributed by atoms with Crippen molar-refractivity contribution in [1.29, 1.82) is 0 Å². The fourth-order valence-corrected chi connectivity index (χ4v) is 4.19. The van der Waals surface area contributed by atoms with Gasteiger partial charge in [0.15, 0.2) is 5.16 Å². The van der Waals surface area contributed by atoms with Crippen LogP contribution in [0.5, 0.6) is 0 Å². The van der Waals surface area contributed by atoms with Crippen LogP contribution in [0.2, 0.25) is 0 Å². The second kappa shape index (κ2) is 6.00. The molecule has 0 bridgehead atoms. The number of aliphatic hydroxyl groups excluding tert-OH is 1. The number of nitrogens with zero attached hydrogens (tertiary/aromatic N) is 2. The van der Waals surface area contributed by atoms with Crippen molar-refractivity contribution in [3.8, 4) is 0 Å². The Morgan fingerprint density at radius 1 is 1.35 bits per heavy atom. The zero-order valence-corrected chi connectivity index (χ0v) is 12.8. The van der Waals surface area contributed by atoms with E-state index in [1.54, 1.807) is 11.8 Å². The Kier molecular flexibility index (Phi) is 4.29. The molecule has 2 aliphatic carbocycles. The third-order valence-electron chi connectivity index (χ3n) is 4.22. The largest absolute Gasteiger partial charge is 0.394 e. The van der Waals surface area contributed by atoms with Crippen LogP contribution in [0.3, 0.4) is 0 Å². The summed E-state index contributed by atoms with van der Waals surface area (Å²) in [7, 11) is 0. The lowest BCUT2D eigenvalue weighted by Gasteiger charge is -2.40. The van der Waals surface area contributed by atoms with Gasteiger partial charge in [-0.15, -0.1) is 0 Å². The van der Waals surface area contributed by atoms with Gasteiger partial charge in [0, 0.05) is 29.2 Å². The highest BCUT2D eigenvalue weighted by Gasteiger charge is 2.40. The molecule has 0 spiro atoms. The number of hydrogen-bond donors (Lipinski definition) is 2. The number of thioether (sulfide) groups is 1. The summed E-state index contributed by atoms with van der Waals surface area (Å²) in [6.45, 7) is 2.25. The van der Waals surface area contributed by atoms with E-state index >= 15 is 0 Å². The van der Waals surface area contributed by atoms with E-state index in [-0.39, 0.29) is 12.1 Å². The fourth-order valence-electron chi connectivity index (χ4n) is 2.98. The van der Waals surface area contributed by atoms with Gasteiger partial charge >= 0.3 is 0 Å². The third-order valence-corrected chi connectivity index (χ3v) is 5.38. The molecule has 20 heavy (non-hydrogen) atoms. The van der Waals surface area contributed by atoms with Gasteiger partial charge in [0.1, 0.15) is 0 Å². The molecule has 2 unspecified atom stereocenters. The molecule has 4 nitrogen and oxygen atoms in total. The minimum atomic E-state index is -0.0677. The van der Waals surface area contributed by atoms with Gasteiger partial charge in [0.05, 0.1) is 6.61 Å². The number of aliphatic hydroxyl groups is 1. The Labute approximate surface area is 124 Å². The zero-order valence-electron chi connectivity index (χ0n) is 12.0. The van der Waals surface area contributed by atoms with Gasteiger partial charge in [0.25, 0.3) is 0 Å². The van der Waals surface area contributed by atoms with Crippen molar-refractivity contribution in [2.24, 2.45) is 0 Å². The van der Waals surface area contributed by atoms with Crippen molar-refractivity contribution in [1.82, 2.24) is 15.3 Å². The molecule has 1 aromatic rings. The molecule has 2 N–H and O–H groups in total. The first kappa shape index (κ1) is 14.3. The highest BCUT2D eigenvalue weighted by Crippen LogP contribution is 2.38. The minimum Gasteiger partial charge on any atom is -0.394 e. The summed E-state index contributed by atoms with van der Waals surface area (Å²) in [5.41, 5.74) is 1.03. The van der Waals surface area contributed by atoms with E-state index in [9.17, 15) is 5.11 Å². The first-order valence-corrected chi connectivity index (χ1v) is 8.41. The van der Waals surface area contributed by atoms with Crippen molar-refractivity contribution < 1.29 is 5.11 Å². The van der Waals surface area contributed by atoms with Gasteiger partial charge in [-0.3, -0.25) is 0 Å². The quantitative estimate of drug-likeness (QED) is 0.816. The molecule has 1 heterocycles. The molecule has 110 valence electrons. The van der Waals surface area contributed by atoms with Gasteiger partial charge in [-0.1, -0.05) is 18.2 Å². The van der Waals surface area contributed by atoms with Crippen LogP contribution in [0, 0.1) is 6.92 Å². The SMILES string of the molecule is Cc1cnc(SC2CCCC(CO)(NC3CC3)C2)nc1. The summed E-state index contributed by atoms with van der Waals surface area (Å²) in [5.74, 6) is 0. The Hall–Kier alpha value is -0.650. The average Bonchev–Trinajstić information content (AvgIpc) is 3.26. The second-order valence-corrected chi connectivity index (χ2v) is 7.50. The Bertz CT molecular complexity index is 449. The smallest absolute Gasteiger partial charge is 0.187 e. The topological polar surface area (TPSA) is 58.0 Å². The summed E-state index contributed by atoms with van der Waals surface area (Å²) in [4.78, 5) is 8.78. The lowest BCUT2D eigenvalue weighted by Crippen LogP contribution is -2.53. The Balaban J connectivity index is 1.63. The first-order valence-electron chi connectivity index (χ1n) is 7.53. The fraction of sp³-hybridized carbons (Fsp3) is 0.733. The van der Waals surface area contributed by atoms with Crippen LogP contribution in [-0.2, 0) is 0 Å². The molecule has 2 saturated carbocycles. The molecular formula is C15H23N3OS. The summed E-state index contributed by atoms with van der Waals surface area (Å²) in [5, 5.41) is 14.9. The van der Waals surface area contributed by atoms with E-state index in [1.807, 2.05) is 19.3 Å². The summed E-state index contributed by atoms with van der Waals surface area (Å²) < 4.78 is 0. The molecule has 0 saturated heterocycles. The van der Waals surface area contributed by atoms with Gasteiger partial charge in [0.2, 0.25) is 0 Å². The predicted octanol–water partition coefficient (Wildman–Crippen LogP) is 2.30. The molecule has 0 aliphatic heterocycles. The predicted molar refractivity (Wildman–Crippen MR) is 80.9 cm³/mol. The molecule has 0 amide bonds. The van der Waals surface area contributed by atoms with E-state index in [4.69, 9.17) is 0 Å². The van der Waals surface area contributed by atoms with Crippen LogP contribution in [-0.4, -0.2) is 38.5 Å². The van der Waals surface area contributed by atoms with E-state index in [0.29, 0.717) is 11.3 Å². The Morgan fingerprint density at radius 2 is 2.10 bits per heavy atom. The molecule has 2 fully saturated rings. The number of hydrogen-bond acceptors (Lipinski definition) is 5. The minimum absolute atomic E-state index is 0.0677. The maximum absolute atomic E-state index is 9.84. The van der Waals surface area contributed by atoms with Crippen molar-refractivity contribution in [2.45, 2.75) is 67.4 Å². The van der Waals surface area contributed by atoms with Crippen molar-refractivity contribution in [3.63, 3.8) is 0 Å². The third kappa shape index (κ3) is 3.51. The van der Waals surface area contributed by atoms with Crippen LogP contribution >= 0.6 is 11.8 Å². The number of aromatic nitrogens is 2. The number of aryl methyl sites for hydroxylation is 1. The number of nitrogens with one attached hydrogen (secondary N) is 1. The molecule has 2 atom stereocenters. The van der Waals surface area contributed by atoms with Crippen molar-refractivity contribution in [3.05, 3.63) is 18.0 Å². The molecule has 5 heteroatoms. The molecular weight excluding hydrogens is 270 g/mol. The molecule has 2 aliphatic rings. The van der Waals surface area contributed by atoms with Crippen LogP contribution in [0.4, 0.5) is 0 Å². The van der Waals surface area contributed by atoms with Crippen LogP contribution in [0.25, 0.3) is 0 Å². The normalized spacial score (nSPS) is 30.4. The average molecular weight is 293 g/mol. The maximum Gasteiger partial charge on any atom is 0.187 e. The standard InChI is InChI=1S/C15H23N3OS/c1-11-8-16-14(17-9-11)20-13-3-2-6-15(7-13,10-19)18-12-4-5-12/h8-9,12-13,18-19H,2-7,10H2,1H3. The van der Waals surface area contributed by atoms with E-state index < -0.39 is 0 Å². The van der Waals surface area contributed by atoms with Gasteiger partial charge in [-0.2, -0.15) is 0 Å². The highest BCUT2D eigenvalue weighted by molar-refractivity contribution is 7.99. The summed E-state index contributed by atoms with van der Waals surface area (Å²) >= 11 is 1.77. The highest BCUT2D eigenvalue weighted by atomic mass is 32.2. The summed E-state index contributed by atoms with van der Waals surface area (Å²) in [6, 6.07) is 0.640. The maximum atomic E-state index is 9.84. The molecule has 3 rings (SSSR count). The van der Waals surface area contributed by atoms with Crippen LogP contribution < -0.4 is 5.32 Å². The lowest BCUT2D eigenvalue weighted by atomic mass is 9.82. The summed E-state index contributed by atoms with van der Waals surface area (Å²) in [6.07, 6.45) is 10.7. The van der Waals surface area contributed by atoms with Gasteiger partial charge < -0.3 is 10.4 Å². The molecule has 0 radical (unpaired) electrons. The number of rotatable bonds is 5.